The van der Waals surface area contributed by atoms with Gasteiger partial charge in [-0.15, -0.1) is 0 Å². The van der Waals surface area contributed by atoms with Crippen molar-refractivity contribution in [1.29, 1.82) is 0 Å². The molecule has 0 amide bonds. The first-order chi connectivity index (χ1) is 7.17. The monoisotopic (exact) mass is 209 g/mol. The first-order valence-electron chi connectivity index (χ1n) is 5.07. The van der Waals surface area contributed by atoms with Gasteiger partial charge in [0.25, 0.3) is 0 Å². The number of ether oxygens (including phenoxy) is 1. The number of hydrogen-bond acceptors (Lipinski definition) is 4. The minimum atomic E-state index is 0.304. The number of nitrogens with one attached hydrogen (secondary N) is 1. The lowest BCUT2D eigenvalue weighted by molar-refractivity contribution is 0.184. The van der Waals surface area contributed by atoms with Crippen LogP contribution in [0.4, 0.5) is 17.1 Å². The summed E-state index contributed by atoms with van der Waals surface area (Å²) in [6.07, 6.45) is 0.998. The fourth-order valence-electron chi connectivity index (χ4n) is 1.36. The Bertz CT molecular complexity index is 315. The molecule has 0 aliphatic carbocycles. The SMILES string of the molecule is CCC(COC)Nc1ccc(N)c(N)c1. The first kappa shape index (κ1) is 11.7. The van der Waals surface area contributed by atoms with Gasteiger partial charge in [-0.1, -0.05) is 6.92 Å². The van der Waals surface area contributed by atoms with Crippen molar-refractivity contribution in [2.75, 3.05) is 30.5 Å². The molecule has 0 bridgehead atoms. The summed E-state index contributed by atoms with van der Waals surface area (Å²) in [5.41, 5.74) is 13.5. The average molecular weight is 209 g/mol. The molecule has 5 N–H and O–H groups in total. The molecule has 0 aliphatic rings. The van der Waals surface area contributed by atoms with Crippen LogP contribution in [-0.2, 0) is 4.74 Å². The Morgan fingerprint density at radius 2 is 2.07 bits per heavy atom. The van der Waals surface area contributed by atoms with Crippen LogP contribution in [0.2, 0.25) is 0 Å². The molecule has 0 heterocycles. The van der Waals surface area contributed by atoms with Crippen molar-refractivity contribution in [3.8, 4) is 0 Å². The van der Waals surface area contributed by atoms with Gasteiger partial charge < -0.3 is 21.5 Å². The van der Waals surface area contributed by atoms with Gasteiger partial charge in [0.1, 0.15) is 0 Å². The summed E-state index contributed by atoms with van der Waals surface area (Å²) in [6.45, 7) is 2.79. The molecule has 15 heavy (non-hydrogen) atoms. The lowest BCUT2D eigenvalue weighted by Gasteiger charge is -2.17. The molecule has 0 radical (unpaired) electrons. The predicted octanol–water partition coefficient (Wildman–Crippen LogP) is 1.69. The van der Waals surface area contributed by atoms with E-state index in [4.69, 9.17) is 16.2 Å². The number of rotatable bonds is 5. The van der Waals surface area contributed by atoms with Crippen molar-refractivity contribution in [2.45, 2.75) is 19.4 Å². The molecule has 1 aromatic carbocycles. The van der Waals surface area contributed by atoms with E-state index in [0.29, 0.717) is 24.0 Å². The van der Waals surface area contributed by atoms with E-state index in [9.17, 15) is 0 Å². The molecule has 0 aromatic heterocycles. The van der Waals surface area contributed by atoms with E-state index < -0.39 is 0 Å². The number of methoxy groups -OCH3 is 1. The van der Waals surface area contributed by atoms with E-state index in [1.54, 1.807) is 13.2 Å². The molecule has 0 saturated heterocycles. The second kappa shape index (κ2) is 5.46. The van der Waals surface area contributed by atoms with Crippen LogP contribution in [0.25, 0.3) is 0 Å². The zero-order valence-electron chi connectivity index (χ0n) is 9.29. The quantitative estimate of drug-likeness (QED) is 0.645. The normalized spacial score (nSPS) is 12.4. The third kappa shape index (κ3) is 3.32. The fourth-order valence-corrected chi connectivity index (χ4v) is 1.36. The predicted molar refractivity (Wildman–Crippen MR) is 64.8 cm³/mol. The number of benzene rings is 1. The van der Waals surface area contributed by atoms with Gasteiger partial charge in [-0.2, -0.15) is 0 Å². The standard InChI is InChI=1S/C11H19N3O/c1-3-8(7-15-2)14-9-4-5-10(12)11(13)6-9/h4-6,8,14H,3,7,12-13H2,1-2H3. The summed E-state index contributed by atoms with van der Waals surface area (Å²) >= 11 is 0. The zero-order valence-corrected chi connectivity index (χ0v) is 9.29. The average Bonchev–Trinajstić information content (AvgIpc) is 2.23. The van der Waals surface area contributed by atoms with Crippen LogP contribution in [0.5, 0.6) is 0 Å². The topological polar surface area (TPSA) is 73.3 Å². The summed E-state index contributed by atoms with van der Waals surface area (Å²) in [5.74, 6) is 0. The van der Waals surface area contributed by atoms with Crippen molar-refractivity contribution in [2.24, 2.45) is 0 Å². The molecule has 0 fully saturated rings. The molecule has 0 aliphatic heterocycles. The summed E-state index contributed by atoms with van der Waals surface area (Å²) in [7, 11) is 1.70. The van der Waals surface area contributed by atoms with E-state index in [1.165, 1.54) is 0 Å². The molecule has 1 aromatic rings. The van der Waals surface area contributed by atoms with Crippen LogP contribution in [0.3, 0.4) is 0 Å². The molecular formula is C11H19N3O. The third-order valence-corrected chi connectivity index (χ3v) is 2.32. The van der Waals surface area contributed by atoms with E-state index in [1.807, 2.05) is 12.1 Å². The van der Waals surface area contributed by atoms with Crippen molar-refractivity contribution >= 4 is 17.1 Å². The molecule has 1 unspecified atom stereocenters. The van der Waals surface area contributed by atoms with Crippen LogP contribution >= 0.6 is 0 Å². The highest BCUT2D eigenvalue weighted by Crippen LogP contribution is 2.20. The molecule has 1 atom stereocenters. The maximum absolute atomic E-state index is 5.72. The Morgan fingerprint density at radius 1 is 1.33 bits per heavy atom. The van der Waals surface area contributed by atoms with Gasteiger partial charge in [0, 0.05) is 18.8 Å². The summed E-state index contributed by atoms with van der Waals surface area (Å²) in [6, 6.07) is 5.87. The second-order valence-electron chi connectivity index (χ2n) is 3.55. The highest BCUT2D eigenvalue weighted by atomic mass is 16.5. The number of nitrogens with two attached hydrogens (primary N) is 2. The largest absolute Gasteiger partial charge is 0.397 e. The van der Waals surface area contributed by atoms with E-state index >= 15 is 0 Å². The van der Waals surface area contributed by atoms with Crippen molar-refractivity contribution in [3.63, 3.8) is 0 Å². The highest BCUT2D eigenvalue weighted by molar-refractivity contribution is 5.69. The van der Waals surface area contributed by atoms with Crippen LogP contribution in [0, 0.1) is 0 Å². The highest BCUT2D eigenvalue weighted by Gasteiger charge is 2.05. The molecule has 0 saturated carbocycles. The first-order valence-corrected chi connectivity index (χ1v) is 5.07. The Hall–Kier alpha value is -1.42. The zero-order chi connectivity index (χ0) is 11.3. The van der Waals surface area contributed by atoms with Crippen LogP contribution in [0.1, 0.15) is 13.3 Å². The Morgan fingerprint density at radius 3 is 2.60 bits per heavy atom. The van der Waals surface area contributed by atoms with Gasteiger partial charge in [-0.3, -0.25) is 0 Å². The van der Waals surface area contributed by atoms with E-state index in [-0.39, 0.29) is 0 Å². The maximum atomic E-state index is 5.72. The van der Waals surface area contributed by atoms with Crippen molar-refractivity contribution in [3.05, 3.63) is 18.2 Å². The number of nitrogen functional groups attached to an aromatic ring is 2. The smallest absolute Gasteiger partial charge is 0.0663 e. The van der Waals surface area contributed by atoms with Gasteiger partial charge >= 0.3 is 0 Å². The van der Waals surface area contributed by atoms with Crippen molar-refractivity contribution < 1.29 is 4.74 Å². The molecule has 4 nitrogen and oxygen atoms in total. The lowest BCUT2D eigenvalue weighted by Crippen LogP contribution is -2.23. The molecule has 1 rings (SSSR count). The summed E-state index contributed by atoms with van der Waals surface area (Å²) in [5, 5.41) is 3.34. The van der Waals surface area contributed by atoms with Gasteiger partial charge in [-0.25, -0.2) is 0 Å². The minimum absolute atomic E-state index is 0.304. The maximum Gasteiger partial charge on any atom is 0.0663 e. The van der Waals surface area contributed by atoms with Crippen molar-refractivity contribution in [1.82, 2.24) is 0 Å². The van der Waals surface area contributed by atoms with Crippen LogP contribution < -0.4 is 16.8 Å². The molecule has 0 spiro atoms. The Kier molecular flexibility index (Phi) is 4.24. The van der Waals surface area contributed by atoms with Gasteiger partial charge in [0.2, 0.25) is 0 Å². The van der Waals surface area contributed by atoms with Gasteiger partial charge in [0.05, 0.1) is 18.0 Å². The molecular weight excluding hydrogens is 190 g/mol. The van der Waals surface area contributed by atoms with Crippen LogP contribution in [-0.4, -0.2) is 19.8 Å². The second-order valence-corrected chi connectivity index (χ2v) is 3.55. The third-order valence-electron chi connectivity index (χ3n) is 2.32. The minimum Gasteiger partial charge on any atom is -0.397 e. The van der Waals surface area contributed by atoms with E-state index in [0.717, 1.165) is 12.1 Å². The lowest BCUT2D eigenvalue weighted by atomic mass is 10.2. The number of hydrogen-bond donors (Lipinski definition) is 3. The molecule has 4 heteroatoms. The molecule has 84 valence electrons. The Labute approximate surface area is 90.6 Å². The summed E-state index contributed by atoms with van der Waals surface area (Å²) < 4.78 is 5.10. The van der Waals surface area contributed by atoms with Gasteiger partial charge in [0.15, 0.2) is 0 Å². The Balaban J connectivity index is 2.66. The fraction of sp³-hybridized carbons (Fsp3) is 0.455. The van der Waals surface area contributed by atoms with Crippen LogP contribution in [0.15, 0.2) is 18.2 Å². The summed E-state index contributed by atoms with van der Waals surface area (Å²) in [4.78, 5) is 0. The number of anilines is 3. The van der Waals surface area contributed by atoms with Gasteiger partial charge in [-0.05, 0) is 24.6 Å². The van der Waals surface area contributed by atoms with E-state index in [2.05, 4.69) is 12.2 Å².